The first-order valence-electron chi connectivity index (χ1n) is 21.0. The number of carbonyl (C=O) groups is 5. The molecule has 5 aromatic rings. The number of alkyl carbamates (subject to hydrolysis) is 1. The van der Waals surface area contributed by atoms with Gasteiger partial charge < -0.3 is 35.3 Å². The molecule has 0 radical (unpaired) electrons. The summed E-state index contributed by atoms with van der Waals surface area (Å²) >= 11 is 0. The van der Waals surface area contributed by atoms with E-state index in [-0.39, 0.29) is 37.2 Å². The van der Waals surface area contributed by atoms with Crippen LogP contribution in [-0.2, 0) is 35.0 Å². The Kier molecular flexibility index (Phi) is 13.1. The van der Waals surface area contributed by atoms with Gasteiger partial charge in [-0.25, -0.2) is 14.4 Å². The maximum atomic E-state index is 14.4. The van der Waals surface area contributed by atoms with Crippen LogP contribution in [0.1, 0.15) is 67.3 Å². The molecule has 0 saturated heterocycles. The zero-order chi connectivity index (χ0) is 44.8. The van der Waals surface area contributed by atoms with Crippen LogP contribution >= 0.6 is 0 Å². The zero-order valence-corrected chi connectivity index (χ0v) is 35.9. The Balaban J connectivity index is 1.09. The molecular weight excluding hydrogens is 801 g/mol. The van der Waals surface area contributed by atoms with Gasteiger partial charge in [0.15, 0.2) is 0 Å². The smallest absolute Gasteiger partial charge is 0.410 e. The fraction of sp³-hybridized carbons (Fsp3) is 0.300. The molecule has 63 heavy (non-hydrogen) atoms. The lowest BCUT2D eigenvalue weighted by molar-refractivity contribution is -0.158. The van der Waals surface area contributed by atoms with Crippen molar-refractivity contribution in [1.29, 1.82) is 0 Å². The highest BCUT2D eigenvalue weighted by atomic mass is 16.6. The van der Waals surface area contributed by atoms with Crippen molar-refractivity contribution in [3.63, 3.8) is 0 Å². The number of ether oxygens (including phenoxy) is 3. The molecule has 2 aliphatic carbocycles. The van der Waals surface area contributed by atoms with E-state index < -0.39 is 60.2 Å². The van der Waals surface area contributed by atoms with Crippen LogP contribution in [0.4, 0.5) is 9.59 Å². The number of hydrogen-bond donors (Lipinski definition) is 4. The van der Waals surface area contributed by atoms with Crippen molar-refractivity contribution < 1.29 is 43.3 Å². The number of hydrogen-bond acceptors (Lipinski definition) is 9. The number of esters is 1. The molecule has 0 saturated carbocycles. The predicted octanol–water partition coefficient (Wildman–Crippen LogP) is 7.05. The first kappa shape index (κ1) is 43.9. The van der Waals surface area contributed by atoms with Gasteiger partial charge in [-0.3, -0.25) is 14.5 Å². The standard InChI is InChI=1S/C50H52N4O9/c1-30(47(58)63-50(2,3)4)52-45(56)43(26-31-22-24-32(55)25-23-31)53-46(57)44(27-51-48(59)61-28-41-37-18-10-6-14-33(37)34-15-7-11-19-38(34)41)54(5)49(60)62-29-42-39-20-12-8-16-35(39)36-17-9-13-21-40(36)42/h6-25,30,41-44,55H,26-29H2,1-5H3,(H,51,59)(H,52,56)(H,53,57). The maximum absolute atomic E-state index is 14.4. The van der Waals surface area contributed by atoms with Gasteiger partial charge in [-0.15, -0.1) is 0 Å². The Labute approximate surface area is 366 Å². The van der Waals surface area contributed by atoms with Gasteiger partial charge in [-0.1, -0.05) is 109 Å². The molecule has 0 bridgehead atoms. The van der Waals surface area contributed by atoms with E-state index in [0.29, 0.717) is 5.56 Å². The maximum Gasteiger partial charge on any atom is 0.410 e. The van der Waals surface area contributed by atoms with Crippen LogP contribution < -0.4 is 16.0 Å². The van der Waals surface area contributed by atoms with Gasteiger partial charge in [0.05, 0.1) is 6.54 Å². The SMILES string of the molecule is CC(NC(=O)C(Cc1ccc(O)cc1)NC(=O)C(CNC(=O)OCC1c2ccccc2-c2ccccc21)N(C)C(=O)OCC1c2ccccc2-c2ccccc21)C(=O)OC(C)(C)C. The number of amides is 4. The van der Waals surface area contributed by atoms with Crippen molar-refractivity contribution in [1.82, 2.24) is 20.9 Å². The van der Waals surface area contributed by atoms with E-state index in [1.165, 1.54) is 26.1 Å². The van der Waals surface area contributed by atoms with Gasteiger partial charge in [-0.2, -0.15) is 0 Å². The zero-order valence-electron chi connectivity index (χ0n) is 35.9. The molecule has 0 heterocycles. The van der Waals surface area contributed by atoms with Crippen LogP contribution in [0.2, 0.25) is 0 Å². The van der Waals surface area contributed by atoms with E-state index in [1.807, 2.05) is 97.1 Å². The second kappa shape index (κ2) is 18.9. The minimum atomic E-state index is -1.40. The summed E-state index contributed by atoms with van der Waals surface area (Å²) in [5.41, 5.74) is 8.05. The number of aromatic hydroxyl groups is 1. The second-order valence-electron chi connectivity index (χ2n) is 16.8. The largest absolute Gasteiger partial charge is 0.508 e. The molecule has 7 rings (SSSR count). The molecule has 4 N–H and O–H groups in total. The van der Waals surface area contributed by atoms with E-state index >= 15 is 0 Å². The van der Waals surface area contributed by atoms with E-state index in [1.54, 1.807) is 32.9 Å². The summed E-state index contributed by atoms with van der Waals surface area (Å²) < 4.78 is 17.1. The molecule has 2 aliphatic rings. The summed E-state index contributed by atoms with van der Waals surface area (Å²) in [4.78, 5) is 69.6. The van der Waals surface area contributed by atoms with Crippen molar-refractivity contribution in [2.75, 3.05) is 26.8 Å². The average molecular weight is 853 g/mol. The highest BCUT2D eigenvalue weighted by Gasteiger charge is 2.36. The monoisotopic (exact) mass is 852 g/mol. The highest BCUT2D eigenvalue weighted by molar-refractivity contribution is 5.93. The molecule has 0 spiro atoms. The van der Waals surface area contributed by atoms with Gasteiger partial charge in [0.1, 0.15) is 42.7 Å². The first-order chi connectivity index (χ1) is 30.2. The molecule has 0 aromatic heterocycles. The molecule has 326 valence electrons. The van der Waals surface area contributed by atoms with Crippen molar-refractivity contribution in [2.24, 2.45) is 0 Å². The molecule has 3 atom stereocenters. The Morgan fingerprint density at radius 3 is 1.59 bits per heavy atom. The fourth-order valence-corrected chi connectivity index (χ4v) is 8.17. The lowest BCUT2D eigenvalue weighted by atomic mass is 9.98. The molecule has 3 unspecified atom stereocenters. The third-order valence-corrected chi connectivity index (χ3v) is 11.3. The molecule has 5 aromatic carbocycles. The fourth-order valence-electron chi connectivity index (χ4n) is 8.17. The Bertz CT molecular complexity index is 2410. The van der Waals surface area contributed by atoms with Gasteiger partial charge in [0.25, 0.3) is 0 Å². The highest BCUT2D eigenvalue weighted by Crippen LogP contribution is 2.45. The first-order valence-corrected chi connectivity index (χ1v) is 21.0. The van der Waals surface area contributed by atoms with E-state index in [2.05, 4.69) is 16.0 Å². The summed E-state index contributed by atoms with van der Waals surface area (Å²) in [6.07, 6.45) is -1.72. The minimum absolute atomic E-state index is 0.00595. The molecular formula is C50H52N4O9. The van der Waals surface area contributed by atoms with Gasteiger partial charge in [-0.05, 0) is 89.9 Å². The van der Waals surface area contributed by atoms with Crippen molar-refractivity contribution in [2.45, 2.75) is 69.7 Å². The molecule has 13 nitrogen and oxygen atoms in total. The number of fused-ring (bicyclic) bond motifs is 6. The Morgan fingerprint density at radius 2 is 1.11 bits per heavy atom. The Morgan fingerprint density at radius 1 is 0.651 bits per heavy atom. The van der Waals surface area contributed by atoms with Gasteiger partial charge in [0, 0.05) is 25.3 Å². The number of nitrogens with zero attached hydrogens (tertiary/aromatic N) is 1. The van der Waals surface area contributed by atoms with Crippen molar-refractivity contribution >= 4 is 30.0 Å². The van der Waals surface area contributed by atoms with E-state index in [9.17, 15) is 29.1 Å². The number of likely N-dealkylation sites (N-methyl/N-ethyl adjacent to an activating group) is 1. The van der Waals surface area contributed by atoms with E-state index in [0.717, 1.165) is 49.4 Å². The second-order valence-corrected chi connectivity index (χ2v) is 16.8. The summed E-state index contributed by atoms with van der Waals surface area (Å²) in [6.45, 7) is 6.16. The molecule has 13 heteroatoms. The summed E-state index contributed by atoms with van der Waals surface area (Å²) in [5, 5.41) is 18.0. The number of nitrogens with one attached hydrogen (secondary N) is 3. The number of phenolic OH excluding ortho intramolecular Hbond substituents is 1. The number of rotatable bonds is 14. The van der Waals surface area contributed by atoms with Crippen LogP contribution in [0.3, 0.4) is 0 Å². The summed E-state index contributed by atoms with van der Waals surface area (Å²) in [7, 11) is 1.38. The van der Waals surface area contributed by atoms with Crippen molar-refractivity contribution in [3.05, 3.63) is 149 Å². The number of phenols is 1. The molecule has 0 aliphatic heterocycles. The number of carbonyl (C=O) groups excluding carboxylic acids is 5. The van der Waals surface area contributed by atoms with Crippen LogP contribution in [0, 0.1) is 0 Å². The summed E-state index contributed by atoms with van der Waals surface area (Å²) in [6, 6.07) is 34.0. The molecule has 0 fully saturated rings. The van der Waals surface area contributed by atoms with Crippen LogP contribution in [0.15, 0.2) is 121 Å². The minimum Gasteiger partial charge on any atom is -0.508 e. The van der Waals surface area contributed by atoms with Crippen LogP contribution in [0.5, 0.6) is 5.75 Å². The topological polar surface area (TPSA) is 173 Å². The van der Waals surface area contributed by atoms with Crippen molar-refractivity contribution in [3.8, 4) is 28.0 Å². The normalized spacial score (nSPS) is 14.1. The average Bonchev–Trinajstić information content (AvgIpc) is 3.76. The third-order valence-electron chi connectivity index (χ3n) is 11.3. The van der Waals surface area contributed by atoms with Gasteiger partial charge >= 0.3 is 18.2 Å². The lowest BCUT2D eigenvalue weighted by Gasteiger charge is -2.29. The number of benzene rings is 5. The predicted molar refractivity (Wildman–Crippen MR) is 237 cm³/mol. The molecule has 4 amide bonds. The Hall–Kier alpha value is -7.15. The quantitative estimate of drug-likeness (QED) is 0.0675. The lowest BCUT2D eigenvalue weighted by Crippen LogP contribution is -2.59. The third kappa shape index (κ3) is 10.2. The summed E-state index contributed by atoms with van der Waals surface area (Å²) in [5.74, 6) is -2.65. The van der Waals surface area contributed by atoms with Crippen LogP contribution in [0.25, 0.3) is 22.3 Å². The van der Waals surface area contributed by atoms with Gasteiger partial charge in [0.2, 0.25) is 11.8 Å². The van der Waals surface area contributed by atoms with E-state index in [4.69, 9.17) is 14.2 Å². The van der Waals surface area contributed by atoms with Crippen LogP contribution in [-0.4, -0.2) is 90.5 Å².